The van der Waals surface area contributed by atoms with Crippen LogP contribution >= 0.6 is 0 Å². The maximum Gasteiger partial charge on any atom is 0.235 e. The first-order chi connectivity index (χ1) is 66.8. The van der Waals surface area contributed by atoms with Crippen LogP contribution in [0.4, 0.5) is 0 Å². The zero-order valence-electron chi connectivity index (χ0n) is 75.9. The summed E-state index contributed by atoms with van der Waals surface area (Å²) in [5.74, 6) is 2.28. The van der Waals surface area contributed by atoms with E-state index in [0.29, 0.717) is 11.9 Å². The average molecular weight is 1740 g/mol. The molecule has 9 nitrogen and oxygen atoms in total. The van der Waals surface area contributed by atoms with Gasteiger partial charge in [0.25, 0.3) is 0 Å². The number of para-hydroxylation sites is 5. The highest BCUT2D eigenvalue weighted by atomic mass is 15.2. The van der Waals surface area contributed by atoms with Gasteiger partial charge in [0.05, 0.1) is 66.6 Å². The summed E-state index contributed by atoms with van der Waals surface area (Å²) in [6, 6.07) is 148. The minimum Gasteiger partial charge on any atom is -0.293 e. The highest BCUT2D eigenvalue weighted by Crippen LogP contribution is 2.61. The van der Waals surface area contributed by atoms with Crippen molar-refractivity contribution in [3.63, 3.8) is 0 Å². The lowest BCUT2D eigenvalue weighted by atomic mass is 9.80. The van der Waals surface area contributed by atoms with Crippen LogP contribution in [0.3, 0.4) is 0 Å². The summed E-state index contributed by atoms with van der Waals surface area (Å²) < 4.78 is 7.13. The fourth-order valence-electron chi connectivity index (χ4n) is 23.8. The Bertz CT molecular complexity index is 9590. The molecule has 3 aliphatic carbocycles. The zero-order valence-corrected chi connectivity index (χ0v) is 75.9. The van der Waals surface area contributed by atoms with Crippen LogP contribution in [0.25, 0.3) is 237 Å². The molecule has 0 N–H and O–H groups in total. The number of fused-ring (bicyclic) bond motifs is 34. The number of rotatable bonds is 7. The number of nitrogens with zero attached hydrogens (tertiary/aromatic N) is 9. The van der Waals surface area contributed by atoms with Crippen LogP contribution in [0.1, 0.15) is 74.9 Å². The van der Waals surface area contributed by atoms with E-state index in [1.807, 2.05) is 6.20 Å². The normalized spacial score (nSPS) is 13.5. The van der Waals surface area contributed by atoms with E-state index in [4.69, 9.17) is 29.9 Å². The molecule has 640 valence electrons. The van der Waals surface area contributed by atoms with Crippen LogP contribution in [-0.2, 0) is 16.2 Å². The topological polar surface area (TPSA) is 92.1 Å². The standard InChI is InChI=1S/C45H31N3.C43H29N3.C39H27N3/c1-45(2)36-23-13-11-21-33(36)39-31-19-9-10-20-32(31)40-34-22-12-14-24-37(34)48(44(40)41(39)45)38-27-35(29-17-7-4-8-18-29)42-43(47-38)30(25-26-46-42)28-15-5-3-6-16-28;1-43(2)34-20-10-7-17-31(34)37-29-15-5-6-16-30(29)38-33-19-9-12-22-36(33)46(41(38)39(37)43)42-44-35-21-11-8-18-32(35)40(45-42)28-24-23-26-13-3-4-14-27(26)25-28;1-39(2)30-21-11-8-18-27(30)33-25-16-6-7-17-26(25)34-29-20-10-13-23-32(29)42(37(34)35(33)39)38-40-31-22-12-9-19-28(31)36(41-38)24-14-4-3-5-15-24/h3-27H,1-2H3;3-25H,1-2H3;3-23H,1-2H3. The van der Waals surface area contributed by atoms with Gasteiger partial charge in [-0.15, -0.1) is 0 Å². The van der Waals surface area contributed by atoms with Crippen molar-refractivity contribution < 1.29 is 0 Å². The minimum absolute atomic E-state index is 0.209. The Morgan fingerprint density at radius 3 is 1.01 bits per heavy atom. The molecule has 0 unspecified atom stereocenters. The molecule has 3 aliphatic rings. The van der Waals surface area contributed by atoms with Gasteiger partial charge in [-0.25, -0.2) is 24.9 Å². The quantitative estimate of drug-likeness (QED) is 0.158. The maximum atomic E-state index is 5.58. The lowest BCUT2D eigenvalue weighted by Crippen LogP contribution is -2.17. The lowest BCUT2D eigenvalue weighted by Gasteiger charge is -2.24. The van der Waals surface area contributed by atoms with Gasteiger partial charge < -0.3 is 0 Å². The van der Waals surface area contributed by atoms with Crippen molar-refractivity contribution >= 4 is 141 Å². The van der Waals surface area contributed by atoms with Crippen molar-refractivity contribution in [2.45, 2.75) is 57.8 Å². The maximum absolute atomic E-state index is 5.58. The van der Waals surface area contributed by atoms with Gasteiger partial charge >= 0.3 is 0 Å². The van der Waals surface area contributed by atoms with E-state index in [2.05, 4.69) is 468 Å². The highest BCUT2D eigenvalue weighted by Gasteiger charge is 2.45. The van der Waals surface area contributed by atoms with Gasteiger partial charge in [-0.3, -0.25) is 18.7 Å². The van der Waals surface area contributed by atoms with Gasteiger partial charge in [-0.05, 0) is 170 Å². The molecule has 0 spiro atoms. The van der Waals surface area contributed by atoms with Crippen LogP contribution in [0.5, 0.6) is 0 Å². The Hall–Kier alpha value is -17.1. The Kier molecular flexibility index (Phi) is 17.3. The fraction of sp³-hybridized carbons (Fsp3) is 0.0709. The second kappa shape index (κ2) is 29.9. The summed E-state index contributed by atoms with van der Waals surface area (Å²) in [7, 11) is 0. The Labute approximate surface area is 785 Å². The molecule has 0 aliphatic heterocycles. The van der Waals surface area contributed by atoms with Crippen LogP contribution in [0.15, 0.2) is 419 Å². The molecule has 0 fully saturated rings. The third kappa shape index (κ3) is 11.5. The largest absolute Gasteiger partial charge is 0.293 e. The van der Waals surface area contributed by atoms with E-state index in [-0.39, 0.29) is 16.2 Å². The number of pyridine rings is 2. The molecular formula is C127H87N9. The van der Waals surface area contributed by atoms with Crippen LogP contribution < -0.4 is 0 Å². The van der Waals surface area contributed by atoms with Crippen LogP contribution in [-0.4, -0.2) is 43.6 Å². The first-order valence-electron chi connectivity index (χ1n) is 47.1. The molecule has 19 aromatic carbocycles. The highest BCUT2D eigenvalue weighted by molar-refractivity contribution is 6.30. The first-order valence-corrected chi connectivity index (χ1v) is 47.1. The molecule has 0 saturated heterocycles. The monoisotopic (exact) mass is 1740 g/mol. The predicted molar refractivity (Wildman–Crippen MR) is 566 cm³/mol. The van der Waals surface area contributed by atoms with Gasteiger partial charge in [0.2, 0.25) is 11.9 Å². The summed E-state index contributed by atoms with van der Waals surface area (Å²) in [5.41, 5.74) is 34.5. The lowest BCUT2D eigenvalue weighted by molar-refractivity contribution is 0.663. The molecule has 0 amide bonds. The van der Waals surface area contributed by atoms with Crippen molar-refractivity contribution in [3.05, 3.63) is 452 Å². The minimum atomic E-state index is -0.226. The Balaban J connectivity index is 0.000000104. The van der Waals surface area contributed by atoms with Crippen LogP contribution in [0, 0.1) is 0 Å². The molecule has 136 heavy (non-hydrogen) atoms. The number of hydrogen-bond donors (Lipinski definition) is 0. The van der Waals surface area contributed by atoms with Gasteiger partial charge in [-0.2, -0.15) is 0 Å². The van der Waals surface area contributed by atoms with Crippen molar-refractivity contribution in [2.24, 2.45) is 0 Å². The molecule has 29 rings (SSSR count). The summed E-state index contributed by atoms with van der Waals surface area (Å²) in [6.07, 6.45) is 1.91. The summed E-state index contributed by atoms with van der Waals surface area (Å²) in [6.45, 7) is 14.2. The van der Waals surface area contributed by atoms with Crippen molar-refractivity contribution in [2.75, 3.05) is 0 Å². The summed E-state index contributed by atoms with van der Waals surface area (Å²) in [4.78, 5) is 32.0. The second-order valence-electron chi connectivity index (χ2n) is 38.1. The average Bonchev–Trinajstić information content (AvgIpc) is 1.52. The number of hydrogen-bond acceptors (Lipinski definition) is 6. The molecule has 26 aromatic rings. The SMILES string of the molecule is CC1(C)c2ccccc2-c2c1c1c(c3ccccc23)c2ccccc2n1-c1cc(-c2ccccc2)c2nccc(-c3ccccc3)c2n1.CC1(C)c2ccccc2-c2c1c1c(c3ccccc23)c2ccccc2n1-c1nc(-c2ccc3ccccc3c2)c2ccccc2n1.CC1(C)c2ccccc2-c2c1c1c(c3ccccc23)c2ccccc2n1-c1nc(-c2ccccc2)c2ccccc2n1. The molecule has 0 atom stereocenters. The van der Waals surface area contributed by atoms with Gasteiger partial charge in [0, 0.05) is 87.8 Å². The summed E-state index contributed by atoms with van der Waals surface area (Å²) >= 11 is 0. The number of aromatic nitrogens is 9. The smallest absolute Gasteiger partial charge is 0.235 e. The fourth-order valence-corrected chi connectivity index (χ4v) is 23.8. The molecule has 9 heteroatoms. The molecule has 0 radical (unpaired) electrons. The van der Waals surface area contributed by atoms with Gasteiger partial charge in [0.15, 0.2) is 0 Å². The van der Waals surface area contributed by atoms with E-state index >= 15 is 0 Å². The third-order valence-electron chi connectivity index (χ3n) is 29.7. The molecular weight excluding hydrogens is 1650 g/mol. The molecule has 7 heterocycles. The van der Waals surface area contributed by atoms with Crippen molar-refractivity contribution in [3.8, 4) is 95.9 Å². The van der Waals surface area contributed by atoms with E-state index < -0.39 is 0 Å². The molecule has 0 bridgehead atoms. The zero-order chi connectivity index (χ0) is 90.6. The Morgan fingerprint density at radius 2 is 0.559 bits per heavy atom. The third-order valence-corrected chi connectivity index (χ3v) is 29.7. The van der Waals surface area contributed by atoms with E-state index in [0.717, 1.165) is 100.0 Å². The van der Waals surface area contributed by atoms with Gasteiger partial charge in [-0.1, -0.05) is 406 Å². The molecule has 7 aromatic heterocycles. The van der Waals surface area contributed by atoms with E-state index in [1.54, 1.807) is 0 Å². The van der Waals surface area contributed by atoms with Crippen LogP contribution in [0.2, 0.25) is 0 Å². The predicted octanol–water partition coefficient (Wildman–Crippen LogP) is 32.4. The van der Waals surface area contributed by atoms with E-state index in [9.17, 15) is 0 Å². The van der Waals surface area contributed by atoms with Gasteiger partial charge in [0.1, 0.15) is 5.82 Å². The molecule has 0 saturated carbocycles. The Morgan fingerprint density at radius 1 is 0.221 bits per heavy atom. The summed E-state index contributed by atoms with van der Waals surface area (Å²) in [5, 5.41) is 19.7. The number of benzene rings is 19. The first kappa shape index (κ1) is 78.7. The van der Waals surface area contributed by atoms with Crippen molar-refractivity contribution in [1.29, 1.82) is 0 Å². The van der Waals surface area contributed by atoms with E-state index in [1.165, 1.54) is 159 Å². The van der Waals surface area contributed by atoms with Crippen molar-refractivity contribution in [1.82, 2.24) is 43.6 Å². The second-order valence-corrected chi connectivity index (χ2v) is 38.1.